The maximum absolute atomic E-state index is 13.2. The number of carbonyl (C=O) groups excluding carboxylic acids is 2. The summed E-state index contributed by atoms with van der Waals surface area (Å²) in [5, 5.41) is 4.61. The van der Waals surface area contributed by atoms with Gasteiger partial charge in [0.2, 0.25) is 0 Å². The topological polar surface area (TPSA) is 53.9 Å². The normalized spacial score (nSPS) is 11.6. The van der Waals surface area contributed by atoms with Gasteiger partial charge in [0.25, 0.3) is 11.8 Å². The molecule has 2 N–H and O–H groups in total. The number of hydrogen-bond acceptors (Lipinski definition) is 3. The fraction of sp³-hybridized carbons (Fsp3) is 0.263. The Hall–Kier alpha value is -2.51. The highest BCUT2D eigenvalue weighted by Gasteiger charge is 2.19. The van der Waals surface area contributed by atoms with E-state index in [1.54, 1.807) is 35.4 Å². The Morgan fingerprint density at radius 3 is 2.77 bits per heavy atom. The Balaban J connectivity index is 1.85. The Labute approximate surface area is 156 Å². The summed E-state index contributed by atoms with van der Waals surface area (Å²) < 4.78 is 13.2. The average Bonchev–Trinajstić information content (AvgIpc) is 3.07. The lowest BCUT2D eigenvalue weighted by Gasteiger charge is -2.22. The van der Waals surface area contributed by atoms with E-state index in [2.05, 4.69) is 11.9 Å². The summed E-state index contributed by atoms with van der Waals surface area (Å²) in [5.41, 5.74) is 0.403. The molecule has 2 rings (SSSR count). The van der Waals surface area contributed by atoms with Crippen LogP contribution >= 0.6 is 11.3 Å². The number of carbonyl (C=O) groups is 2. The van der Waals surface area contributed by atoms with Crippen LogP contribution in [0, 0.1) is 5.82 Å². The first-order chi connectivity index (χ1) is 12.5. The molecule has 0 aliphatic rings. The molecule has 0 bridgehead atoms. The van der Waals surface area contributed by atoms with Gasteiger partial charge in [0, 0.05) is 17.1 Å². The maximum Gasteiger partial charge on any atom is 0.279 e. The molecule has 7 heteroatoms. The monoisotopic (exact) mass is 376 g/mol. The zero-order valence-corrected chi connectivity index (χ0v) is 15.5. The Morgan fingerprint density at radius 1 is 1.31 bits per heavy atom. The summed E-state index contributed by atoms with van der Waals surface area (Å²) in [5.74, 6) is -0.726. The third kappa shape index (κ3) is 6.42. The van der Waals surface area contributed by atoms with Gasteiger partial charge >= 0.3 is 0 Å². The van der Waals surface area contributed by atoms with Gasteiger partial charge in [-0.15, -0.1) is 17.9 Å². The fourth-order valence-electron chi connectivity index (χ4n) is 2.48. The Bertz CT molecular complexity index is 749. The number of thiophene rings is 1. The van der Waals surface area contributed by atoms with E-state index in [0.29, 0.717) is 18.8 Å². The van der Waals surface area contributed by atoms with E-state index in [1.165, 1.54) is 18.2 Å². The number of rotatable bonds is 9. The van der Waals surface area contributed by atoms with Gasteiger partial charge < -0.3 is 15.1 Å². The van der Waals surface area contributed by atoms with Crippen molar-refractivity contribution in [2.24, 2.45) is 0 Å². The standard InChI is InChI=1S/C19H22FN3O2S/c1-3-9-23(12-17-8-5-10-26-17)19(25)14-22(2)13-18(24)21-16-7-4-6-15(20)11-16/h3-8,10-11H,1,9,12-14H2,2H3,(H,21,24)/p+1. The summed E-state index contributed by atoms with van der Waals surface area (Å²) in [6, 6.07) is 9.65. The molecule has 1 heterocycles. The number of halogens is 1. The van der Waals surface area contributed by atoms with E-state index >= 15 is 0 Å². The van der Waals surface area contributed by atoms with Gasteiger partial charge in [-0.05, 0) is 29.6 Å². The molecule has 1 atom stereocenters. The number of likely N-dealkylation sites (N-methyl/N-ethyl adjacent to an activating group) is 1. The fourth-order valence-corrected chi connectivity index (χ4v) is 3.20. The predicted molar refractivity (Wildman–Crippen MR) is 102 cm³/mol. The lowest BCUT2D eigenvalue weighted by Crippen LogP contribution is -3.11. The van der Waals surface area contributed by atoms with Crippen LogP contribution in [0.5, 0.6) is 0 Å². The average molecular weight is 376 g/mol. The van der Waals surface area contributed by atoms with Crippen LogP contribution in [0.2, 0.25) is 0 Å². The molecular weight excluding hydrogens is 353 g/mol. The summed E-state index contributed by atoms with van der Waals surface area (Å²) in [6.45, 7) is 5.00. The third-order valence-electron chi connectivity index (χ3n) is 3.65. The zero-order valence-electron chi connectivity index (χ0n) is 14.7. The van der Waals surface area contributed by atoms with Crippen LogP contribution in [-0.4, -0.2) is 43.4 Å². The highest BCUT2D eigenvalue weighted by atomic mass is 32.1. The van der Waals surface area contributed by atoms with Gasteiger partial charge in [-0.2, -0.15) is 0 Å². The molecular formula is C19H23FN3O2S+. The molecule has 0 aliphatic heterocycles. The van der Waals surface area contributed by atoms with E-state index in [-0.39, 0.29) is 24.9 Å². The number of nitrogens with zero attached hydrogens (tertiary/aromatic N) is 1. The zero-order chi connectivity index (χ0) is 18.9. The minimum absolute atomic E-state index is 0.0469. The quantitative estimate of drug-likeness (QED) is 0.653. The minimum Gasteiger partial charge on any atom is -0.329 e. The van der Waals surface area contributed by atoms with E-state index in [0.717, 1.165) is 9.78 Å². The second-order valence-electron chi connectivity index (χ2n) is 6.01. The number of nitrogens with one attached hydrogen (secondary N) is 2. The van der Waals surface area contributed by atoms with Crippen LogP contribution in [0.25, 0.3) is 0 Å². The molecule has 0 fully saturated rings. The molecule has 0 saturated heterocycles. The molecule has 0 radical (unpaired) electrons. The smallest absolute Gasteiger partial charge is 0.279 e. The summed E-state index contributed by atoms with van der Waals surface area (Å²) in [6.07, 6.45) is 1.69. The first-order valence-electron chi connectivity index (χ1n) is 8.25. The third-order valence-corrected chi connectivity index (χ3v) is 4.51. The summed E-state index contributed by atoms with van der Waals surface area (Å²) in [7, 11) is 1.78. The molecule has 2 amide bonds. The number of quaternary nitrogens is 1. The molecule has 138 valence electrons. The van der Waals surface area contributed by atoms with Crippen LogP contribution in [0.15, 0.2) is 54.4 Å². The van der Waals surface area contributed by atoms with Gasteiger partial charge in [0.15, 0.2) is 13.1 Å². The molecule has 0 saturated carbocycles. The molecule has 2 aromatic rings. The second-order valence-corrected chi connectivity index (χ2v) is 7.04. The summed E-state index contributed by atoms with van der Waals surface area (Å²) >= 11 is 1.60. The molecule has 26 heavy (non-hydrogen) atoms. The first kappa shape index (κ1) is 19.8. The van der Waals surface area contributed by atoms with Crippen LogP contribution < -0.4 is 10.2 Å². The predicted octanol–water partition coefficient (Wildman–Crippen LogP) is 1.56. The van der Waals surface area contributed by atoms with E-state index in [4.69, 9.17) is 0 Å². The van der Waals surface area contributed by atoms with Crippen LogP contribution in [0.4, 0.5) is 10.1 Å². The van der Waals surface area contributed by atoms with E-state index in [9.17, 15) is 14.0 Å². The van der Waals surface area contributed by atoms with Crippen molar-refractivity contribution in [3.63, 3.8) is 0 Å². The van der Waals surface area contributed by atoms with Crippen molar-refractivity contribution in [3.05, 3.63) is 65.1 Å². The Kier molecular flexibility index (Phi) is 7.50. The lowest BCUT2D eigenvalue weighted by molar-refractivity contribution is -0.862. The van der Waals surface area contributed by atoms with Crippen molar-refractivity contribution < 1.29 is 18.9 Å². The van der Waals surface area contributed by atoms with Gasteiger partial charge in [-0.1, -0.05) is 18.2 Å². The Morgan fingerprint density at radius 2 is 2.12 bits per heavy atom. The first-order valence-corrected chi connectivity index (χ1v) is 9.13. The highest BCUT2D eigenvalue weighted by Crippen LogP contribution is 2.12. The number of hydrogen-bond donors (Lipinski definition) is 2. The van der Waals surface area contributed by atoms with Gasteiger partial charge in [-0.3, -0.25) is 9.59 Å². The molecule has 0 spiro atoms. The number of amides is 2. The SMILES string of the molecule is C=CCN(Cc1cccs1)C(=O)C[NH+](C)CC(=O)Nc1cccc(F)c1. The van der Waals surface area contributed by atoms with Crippen molar-refractivity contribution in [1.29, 1.82) is 0 Å². The van der Waals surface area contributed by atoms with Crippen molar-refractivity contribution in [1.82, 2.24) is 4.90 Å². The van der Waals surface area contributed by atoms with Gasteiger partial charge in [0.05, 0.1) is 13.6 Å². The molecule has 0 aliphatic carbocycles. The second kappa shape index (κ2) is 9.84. The number of anilines is 1. The maximum atomic E-state index is 13.2. The van der Waals surface area contributed by atoms with Crippen LogP contribution in [0.1, 0.15) is 4.88 Å². The molecule has 1 aromatic carbocycles. The largest absolute Gasteiger partial charge is 0.329 e. The molecule has 1 unspecified atom stereocenters. The van der Waals surface area contributed by atoms with E-state index < -0.39 is 5.82 Å². The lowest BCUT2D eigenvalue weighted by atomic mass is 10.3. The van der Waals surface area contributed by atoms with E-state index in [1.807, 2.05) is 17.5 Å². The van der Waals surface area contributed by atoms with Crippen LogP contribution in [-0.2, 0) is 16.1 Å². The highest BCUT2D eigenvalue weighted by molar-refractivity contribution is 7.09. The molecule has 5 nitrogen and oxygen atoms in total. The van der Waals surface area contributed by atoms with Crippen LogP contribution in [0.3, 0.4) is 0 Å². The van der Waals surface area contributed by atoms with Crippen molar-refractivity contribution in [3.8, 4) is 0 Å². The van der Waals surface area contributed by atoms with Crippen molar-refractivity contribution in [2.75, 3.05) is 32.0 Å². The van der Waals surface area contributed by atoms with Gasteiger partial charge in [0.1, 0.15) is 5.82 Å². The molecule has 1 aromatic heterocycles. The van der Waals surface area contributed by atoms with Crippen molar-refractivity contribution >= 4 is 28.8 Å². The summed E-state index contributed by atoms with van der Waals surface area (Å²) in [4.78, 5) is 28.2. The van der Waals surface area contributed by atoms with Crippen molar-refractivity contribution in [2.45, 2.75) is 6.54 Å². The van der Waals surface area contributed by atoms with Gasteiger partial charge in [-0.25, -0.2) is 4.39 Å². The number of benzene rings is 1. The minimum atomic E-state index is -0.410.